The smallest absolute Gasteiger partial charge is 0.129 e. The zero-order valence-electron chi connectivity index (χ0n) is 11.2. The molecule has 2 aromatic rings. The SMILES string of the molecule is CSc1ccc(C(Cl)c2cc(C)c(F)c(C)c2)cc1. The van der Waals surface area contributed by atoms with Gasteiger partial charge in [-0.25, -0.2) is 4.39 Å². The Hall–Kier alpha value is -0.990. The summed E-state index contributed by atoms with van der Waals surface area (Å²) < 4.78 is 13.6. The van der Waals surface area contributed by atoms with Crippen molar-refractivity contribution in [3.8, 4) is 0 Å². The van der Waals surface area contributed by atoms with Gasteiger partial charge in [0.05, 0.1) is 5.38 Å². The first-order chi connectivity index (χ1) is 9.02. The molecular weight excluding hydrogens is 279 g/mol. The van der Waals surface area contributed by atoms with Crippen molar-refractivity contribution < 1.29 is 4.39 Å². The van der Waals surface area contributed by atoms with Crippen LogP contribution in [0.4, 0.5) is 4.39 Å². The molecule has 0 aliphatic carbocycles. The molecule has 0 aliphatic heterocycles. The highest BCUT2D eigenvalue weighted by molar-refractivity contribution is 7.98. The molecule has 0 aliphatic rings. The molecule has 0 fully saturated rings. The van der Waals surface area contributed by atoms with Gasteiger partial charge in [0.1, 0.15) is 5.82 Å². The van der Waals surface area contributed by atoms with Crippen LogP contribution in [0.5, 0.6) is 0 Å². The van der Waals surface area contributed by atoms with Crippen molar-refractivity contribution in [1.82, 2.24) is 0 Å². The minimum absolute atomic E-state index is 0.148. The molecule has 0 spiro atoms. The first kappa shape index (κ1) is 14.4. The van der Waals surface area contributed by atoms with Crippen molar-refractivity contribution in [3.63, 3.8) is 0 Å². The predicted octanol–water partition coefficient (Wildman–Crippen LogP) is 5.49. The number of thioether (sulfide) groups is 1. The Labute approximate surface area is 123 Å². The molecule has 0 aromatic heterocycles. The number of hydrogen-bond donors (Lipinski definition) is 0. The monoisotopic (exact) mass is 294 g/mol. The van der Waals surface area contributed by atoms with E-state index < -0.39 is 0 Å². The van der Waals surface area contributed by atoms with Crippen molar-refractivity contribution in [2.45, 2.75) is 24.1 Å². The molecular formula is C16H16ClFS. The van der Waals surface area contributed by atoms with Crippen LogP contribution in [-0.2, 0) is 0 Å². The van der Waals surface area contributed by atoms with Gasteiger partial charge < -0.3 is 0 Å². The zero-order chi connectivity index (χ0) is 14.0. The summed E-state index contributed by atoms with van der Waals surface area (Å²) in [5.74, 6) is -0.148. The molecule has 0 radical (unpaired) electrons. The summed E-state index contributed by atoms with van der Waals surface area (Å²) in [5, 5.41) is -0.242. The van der Waals surface area contributed by atoms with Gasteiger partial charge in [-0.1, -0.05) is 24.3 Å². The maximum atomic E-state index is 13.6. The Balaban J connectivity index is 2.35. The summed E-state index contributed by atoms with van der Waals surface area (Å²) >= 11 is 8.19. The molecule has 19 heavy (non-hydrogen) atoms. The Morgan fingerprint density at radius 3 is 2.00 bits per heavy atom. The lowest BCUT2D eigenvalue weighted by Gasteiger charge is -2.13. The minimum Gasteiger partial charge on any atom is -0.206 e. The third-order valence-electron chi connectivity index (χ3n) is 3.16. The molecule has 1 atom stereocenters. The molecule has 0 nitrogen and oxygen atoms in total. The van der Waals surface area contributed by atoms with E-state index in [1.807, 2.05) is 30.5 Å². The molecule has 0 bridgehead atoms. The number of rotatable bonds is 3. The van der Waals surface area contributed by atoms with E-state index in [1.54, 1.807) is 25.6 Å². The van der Waals surface area contributed by atoms with E-state index in [1.165, 1.54) is 4.90 Å². The Morgan fingerprint density at radius 2 is 1.53 bits per heavy atom. The fourth-order valence-corrected chi connectivity index (χ4v) is 2.77. The maximum absolute atomic E-state index is 13.6. The third kappa shape index (κ3) is 3.13. The molecule has 2 rings (SSSR count). The van der Waals surface area contributed by atoms with Crippen molar-refractivity contribution in [1.29, 1.82) is 0 Å². The summed E-state index contributed by atoms with van der Waals surface area (Å²) in [4.78, 5) is 1.21. The predicted molar refractivity (Wildman–Crippen MR) is 81.8 cm³/mol. The van der Waals surface area contributed by atoms with Gasteiger partial charge in [0.2, 0.25) is 0 Å². The second-order valence-corrected chi connectivity index (χ2v) is 5.92. The molecule has 3 heteroatoms. The molecule has 0 amide bonds. The van der Waals surface area contributed by atoms with E-state index in [-0.39, 0.29) is 11.2 Å². The van der Waals surface area contributed by atoms with Crippen LogP contribution >= 0.6 is 23.4 Å². The Kier molecular flexibility index (Phi) is 4.54. The average Bonchev–Trinajstić information content (AvgIpc) is 2.43. The second-order valence-electron chi connectivity index (χ2n) is 4.60. The lowest BCUT2D eigenvalue weighted by Crippen LogP contribution is -1.97. The van der Waals surface area contributed by atoms with Gasteiger partial charge in [0.25, 0.3) is 0 Å². The number of hydrogen-bond acceptors (Lipinski definition) is 1. The van der Waals surface area contributed by atoms with E-state index in [0.717, 1.165) is 11.1 Å². The van der Waals surface area contributed by atoms with Crippen molar-refractivity contribution in [2.75, 3.05) is 6.26 Å². The maximum Gasteiger partial charge on any atom is 0.129 e. The minimum atomic E-state index is -0.242. The number of aryl methyl sites for hydroxylation is 2. The third-order valence-corrected chi connectivity index (χ3v) is 4.41. The fourth-order valence-electron chi connectivity index (χ4n) is 2.09. The largest absolute Gasteiger partial charge is 0.206 e. The standard InChI is InChI=1S/C16H16ClFS/c1-10-8-13(9-11(2)16(10)18)15(17)12-4-6-14(19-3)7-5-12/h4-9,15H,1-3H3. The summed E-state index contributed by atoms with van der Waals surface area (Å²) in [5.41, 5.74) is 3.25. The molecule has 0 N–H and O–H groups in total. The van der Waals surface area contributed by atoms with Gasteiger partial charge in [-0.05, 0) is 54.5 Å². The Morgan fingerprint density at radius 1 is 1.00 bits per heavy atom. The van der Waals surface area contributed by atoms with Crippen LogP contribution in [0.25, 0.3) is 0 Å². The van der Waals surface area contributed by atoms with Crippen LogP contribution < -0.4 is 0 Å². The van der Waals surface area contributed by atoms with Gasteiger partial charge in [-0.3, -0.25) is 0 Å². The summed E-state index contributed by atoms with van der Waals surface area (Å²) in [7, 11) is 0. The van der Waals surface area contributed by atoms with Gasteiger partial charge in [-0.15, -0.1) is 23.4 Å². The molecule has 1 unspecified atom stereocenters. The lowest BCUT2D eigenvalue weighted by molar-refractivity contribution is 0.608. The number of halogens is 2. The highest BCUT2D eigenvalue weighted by atomic mass is 35.5. The van der Waals surface area contributed by atoms with Crippen molar-refractivity contribution >= 4 is 23.4 Å². The van der Waals surface area contributed by atoms with Crippen LogP contribution in [0.1, 0.15) is 27.6 Å². The molecule has 0 saturated heterocycles. The lowest BCUT2D eigenvalue weighted by atomic mass is 10.00. The molecule has 2 aromatic carbocycles. The van der Waals surface area contributed by atoms with Crippen LogP contribution in [0.3, 0.4) is 0 Å². The highest BCUT2D eigenvalue weighted by Crippen LogP contribution is 2.31. The van der Waals surface area contributed by atoms with E-state index in [9.17, 15) is 4.39 Å². The first-order valence-electron chi connectivity index (χ1n) is 6.07. The highest BCUT2D eigenvalue weighted by Gasteiger charge is 2.13. The van der Waals surface area contributed by atoms with Crippen molar-refractivity contribution in [2.24, 2.45) is 0 Å². The van der Waals surface area contributed by atoms with Crippen molar-refractivity contribution in [3.05, 3.63) is 64.5 Å². The van der Waals surface area contributed by atoms with E-state index in [2.05, 4.69) is 12.1 Å². The Bertz CT molecular complexity index is 555. The van der Waals surface area contributed by atoms with Gasteiger partial charge in [-0.2, -0.15) is 0 Å². The summed E-state index contributed by atoms with van der Waals surface area (Å²) in [6.07, 6.45) is 2.04. The fraction of sp³-hybridized carbons (Fsp3) is 0.250. The van der Waals surface area contributed by atoms with Crippen LogP contribution in [0, 0.1) is 19.7 Å². The summed E-state index contributed by atoms with van der Waals surface area (Å²) in [6.45, 7) is 3.54. The van der Waals surface area contributed by atoms with Gasteiger partial charge >= 0.3 is 0 Å². The molecule has 100 valence electrons. The van der Waals surface area contributed by atoms with E-state index in [0.29, 0.717) is 11.1 Å². The first-order valence-corrected chi connectivity index (χ1v) is 7.73. The normalized spacial score (nSPS) is 12.5. The number of alkyl halides is 1. The average molecular weight is 295 g/mol. The van der Waals surface area contributed by atoms with Crippen LogP contribution in [0.15, 0.2) is 41.3 Å². The summed E-state index contributed by atoms with van der Waals surface area (Å²) in [6, 6.07) is 11.8. The topological polar surface area (TPSA) is 0 Å². The quantitative estimate of drug-likeness (QED) is 0.532. The van der Waals surface area contributed by atoms with Crippen LogP contribution in [-0.4, -0.2) is 6.26 Å². The molecule has 0 saturated carbocycles. The van der Waals surface area contributed by atoms with Crippen LogP contribution in [0.2, 0.25) is 0 Å². The van der Waals surface area contributed by atoms with Gasteiger partial charge in [0.15, 0.2) is 0 Å². The second kappa shape index (κ2) is 5.98. The zero-order valence-corrected chi connectivity index (χ0v) is 12.8. The van der Waals surface area contributed by atoms with Gasteiger partial charge in [0, 0.05) is 4.90 Å². The van der Waals surface area contributed by atoms with E-state index >= 15 is 0 Å². The van der Waals surface area contributed by atoms with E-state index in [4.69, 9.17) is 11.6 Å². The number of benzene rings is 2. The molecule has 0 heterocycles.